The van der Waals surface area contributed by atoms with Gasteiger partial charge in [0.15, 0.2) is 0 Å². The van der Waals surface area contributed by atoms with Crippen LogP contribution in [0.4, 0.5) is 23.2 Å². The van der Waals surface area contributed by atoms with Crippen LogP contribution in [0.1, 0.15) is 10.4 Å². The number of benzene rings is 1. The Morgan fingerprint density at radius 1 is 1.19 bits per heavy atom. The first-order chi connectivity index (χ1) is 11.7. The van der Waals surface area contributed by atoms with E-state index in [1.165, 1.54) is 0 Å². The lowest BCUT2D eigenvalue weighted by atomic mass is 10.1. The first-order valence-electron chi connectivity index (χ1n) is 7.35. The number of fused-ring (bicyclic) bond motifs is 1. The molecule has 0 amide bonds. The van der Waals surface area contributed by atoms with E-state index in [-0.39, 0.29) is 28.9 Å². The van der Waals surface area contributed by atoms with Gasteiger partial charge in [-0.1, -0.05) is 0 Å². The van der Waals surface area contributed by atoms with E-state index in [0.717, 1.165) is 6.07 Å². The average Bonchev–Trinajstić information content (AvgIpc) is 2.54. The molecule has 1 aliphatic heterocycles. The van der Waals surface area contributed by atoms with E-state index < -0.39 is 40.0 Å². The maximum Gasteiger partial charge on any atom is 0.488 e. The highest BCUT2D eigenvalue weighted by Gasteiger charge is 2.34. The minimum absolute atomic E-state index is 0. The SMILES string of the molecule is Cl.O=C(O)c1cn(C(F)(F)F)c2cc(N3CCNCC3)c(F)cc2c1=O. The molecule has 0 aliphatic carbocycles. The molecule has 1 fully saturated rings. The number of carbonyl (C=O) groups is 1. The number of piperazine rings is 1. The highest BCUT2D eigenvalue weighted by Crippen LogP contribution is 2.31. The molecule has 2 N–H and O–H groups in total. The zero-order valence-corrected chi connectivity index (χ0v) is 14.0. The Balaban J connectivity index is 0.00000243. The molecule has 0 saturated carbocycles. The fourth-order valence-corrected chi connectivity index (χ4v) is 2.84. The van der Waals surface area contributed by atoms with Crippen molar-refractivity contribution in [3.05, 3.63) is 39.9 Å². The third-order valence-corrected chi connectivity index (χ3v) is 4.03. The largest absolute Gasteiger partial charge is 0.488 e. The molecule has 1 saturated heterocycles. The Kier molecular flexibility index (Phi) is 5.47. The monoisotopic (exact) mass is 395 g/mol. The predicted octanol–water partition coefficient (Wildman–Crippen LogP) is 2.15. The van der Waals surface area contributed by atoms with Crippen molar-refractivity contribution in [2.75, 3.05) is 31.1 Å². The van der Waals surface area contributed by atoms with Gasteiger partial charge < -0.3 is 15.3 Å². The number of nitrogens with one attached hydrogen (secondary N) is 1. The number of hydrogen-bond donors (Lipinski definition) is 2. The lowest BCUT2D eigenvalue weighted by Crippen LogP contribution is -2.44. The third kappa shape index (κ3) is 3.47. The van der Waals surface area contributed by atoms with Gasteiger partial charge in [-0.2, -0.15) is 0 Å². The zero-order valence-electron chi connectivity index (χ0n) is 13.1. The molecule has 26 heavy (non-hydrogen) atoms. The standard InChI is InChI=1S/C15H13F4N3O3.ClH/c16-10-5-8-11(6-12(10)21-3-1-20-2-4-21)22(15(17,18)19)7-9(13(8)23)14(24)25;/h5-7,20H,1-4H2,(H,24,25);1H. The highest BCUT2D eigenvalue weighted by molar-refractivity contribution is 5.93. The maximum atomic E-state index is 14.4. The number of carboxylic acid groups (broad SMARTS) is 1. The van der Waals surface area contributed by atoms with Crippen LogP contribution >= 0.6 is 12.4 Å². The van der Waals surface area contributed by atoms with Gasteiger partial charge in [-0.25, -0.2) is 9.18 Å². The Bertz CT molecular complexity index is 908. The van der Waals surface area contributed by atoms with Gasteiger partial charge in [-0.15, -0.1) is 25.6 Å². The number of carboxylic acids is 1. The topological polar surface area (TPSA) is 74.6 Å². The van der Waals surface area contributed by atoms with E-state index in [1.54, 1.807) is 4.90 Å². The van der Waals surface area contributed by atoms with Crippen molar-refractivity contribution in [2.24, 2.45) is 0 Å². The summed E-state index contributed by atoms with van der Waals surface area (Å²) in [7, 11) is 0. The Morgan fingerprint density at radius 2 is 1.81 bits per heavy atom. The van der Waals surface area contributed by atoms with Crippen molar-refractivity contribution in [1.29, 1.82) is 0 Å². The van der Waals surface area contributed by atoms with Crippen molar-refractivity contribution in [3.8, 4) is 0 Å². The van der Waals surface area contributed by atoms with E-state index in [1.807, 2.05) is 0 Å². The molecule has 1 aromatic carbocycles. The molecule has 2 aromatic rings. The fourth-order valence-electron chi connectivity index (χ4n) is 2.84. The molecule has 0 unspecified atom stereocenters. The number of rotatable bonds is 2. The first kappa shape index (κ1) is 20.0. The molecular weight excluding hydrogens is 382 g/mol. The fraction of sp³-hybridized carbons (Fsp3) is 0.333. The van der Waals surface area contributed by atoms with E-state index >= 15 is 0 Å². The summed E-state index contributed by atoms with van der Waals surface area (Å²) in [6.07, 6.45) is -4.73. The molecule has 3 rings (SSSR count). The van der Waals surface area contributed by atoms with E-state index in [9.17, 15) is 27.2 Å². The summed E-state index contributed by atoms with van der Waals surface area (Å²) >= 11 is 0. The van der Waals surface area contributed by atoms with Gasteiger partial charge in [0.25, 0.3) is 0 Å². The lowest BCUT2D eigenvalue weighted by molar-refractivity contribution is -0.201. The van der Waals surface area contributed by atoms with Gasteiger partial charge >= 0.3 is 12.3 Å². The molecule has 11 heteroatoms. The summed E-state index contributed by atoms with van der Waals surface area (Å²) in [5.74, 6) is -2.68. The van der Waals surface area contributed by atoms with Crippen LogP contribution in [0.3, 0.4) is 0 Å². The summed E-state index contributed by atoms with van der Waals surface area (Å²) in [6.45, 7) is 1.88. The highest BCUT2D eigenvalue weighted by atomic mass is 35.5. The van der Waals surface area contributed by atoms with Crippen LogP contribution in [0, 0.1) is 5.82 Å². The Labute approximate surface area is 150 Å². The minimum atomic E-state index is -4.96. The summed E-state index contributed by atoms with van der Waals surface area (Å²) < 4.78 is 54.1. The van der Waals surface area contributed by atoms with Gasteiger partial charge in [-0.05, 0) is 12.1 Å². The van der Waals surface area contributed by atoms with Gasteiger partial charge in [0.2, 0.25) is 5.43 Å². The van der Waals surface area contributed by atoms with Crippen molar-refractivity contribution >= 4 is 35.0 Å². The van der Waals surface area contributed by atoms with Gasteiger partial charge in [-0.3, -0.25) is 9.36 Å². The van der Waals surface area contributed by atoms with Gasteiger partial charge in [0, 0.05) is 37.8 Å². The van der Waals surface area contributed by atoms with Crippen LogP contribution in [0.25, 0.3) is 10.9 Å². The molecule has 2 heterocycles. The van der Waals surface area contributed by atoms with Crippen molar-refractivity contribution < 1.29 is 27.5 Å². The van der Waals surface area contributed by atoms with Gasteiger partial charge in [0.1, 0.15) is 11.4 Å². The third-order valence-electron chi connectivity index (χ3n) is 4.03. The van der Waals surface area contributed by atoms with Gasteiger partial charge in [0.05, 0.1) is 11.2 Å². The molecule has 1 aromatic heterocycles. The summed E-state index contributed by atoms with van der Waals surface area (Å²) in [6, 6.07) is 1.61. The van der Waals surface area contributed by atoms with E-state index in [4.69, 9.17) is 5.11 Å². The number of aromatic nitrogens is 1. The van der Waals surface area contributed by atoms with Crippen LogP contribution in [0.5, 0.6) is 0 Å². The second-order valence-corrected chi connectivity index (χ2v) is 5.57. The number of aromatic carboxylic acids is 1. The molecule has 0 radical (unpaired) electrons. The first-order valence-corrected chi connectivity index (χ1v) is 7.35. The molecule has 0 spiro atoms. The number of pyridine rings is 1. The maximum absolute atomic E-state index is 14.4. The smallest absolute Gasteiger partial charge is 0.477 e. The second kappa shape index (κ2) is 7.12. The Hall–Kier alpha value is -2.33. The zero-order chi connectivity index (χ0) is 18.4. The van der Waals surface area contributed by atoms with Crippen LogP contribution in [-0.4, -0.2) is 41.8 Å². The quantitative estimate of drug-likeness (QED) is 0.762. The van der Waals surface area contributed by atoms with E-state index in [2.05, 4.69) is 5.32 Å². The molecule has 1 aliphatic rings. The summed E-state index contributed by atoms with van der Waals surface area (Å²) in [5, 5.41) is 11.4. The number of alkyl halides is 3. The van der Waals surface area contributed by atoms with Crippen LogP contribution < -0.4 is 15.6 Å². The van der Waals surface area contributed by atoms with Crippen molar-refractivity contribution in [1.82, 2.24) is 9.88 Å². The lowest BCUT2D eigenvalue weighted by Gasteiger charge is -2.30. The summed E-state index contributed by atoms with van der Waals surface area (Å²) in [4.78, 5) is 24.8. The predicted molar refractivity (Wildman–Crippen MR) is 88.8 cm³/mol. The average molecular weight is 396 g/mol. The number of hydrogen-bond acceptors (Lipinski definition) is 4. The molecule has 0 atom stereocenters. The van der Waals surface area contributed by atoms with Crippen molar-refractivity contribution in [3.63, 3.8) is 0 Å². The number of nitrogens with zero attached hydrogens (tertiary/aromatic N) is 2. The Morgan fingerprint density at radius 3 is 2.35 bits per heavy atom. The number of anilines is 1. The summed E-state index contributed by atoms with van der Waals surface area (Å²) in [5.41, 5.74) is -2.88. The van der Waals surface area contributed by atoms with E-state index in [0.29, 0.717) is 32.2 Å². The van der Waals surface area contributed by atoms with Crippen LogP contribution in [-0.2, 0) is 6.30 Å². The number of halogens is 5. The normalized spacial score (nSPS) is 15.0. The van der Waals surface area contributed by atoms with Crippen LogP contribution in [0.2, 0.25) is 0 Å². The molecule has 142 valence electrons. The molecule has 6 nitrogen and oxygen atoms in total. The van der Waals surface area contributed by atoms with Crippen molar-refractivity contribution in [2.45, 2.75) is 6.30 Å². The molecule has 0 bridgehead atoms. The minimum Gasteiger partial charge on any atom is -0.477 e. The molecular formula is C15H14ClF4N3O3. The second-order valence-electron chi connectivity index (χ2n) is 5.57. The van der Waals surface area contributed by atoms with Crippen LogP contribution in [0.15, 0.2) is 23.1 Å².